The lowest BCUT2D eigenvalue weighted by Crippen LogP contribution is -2.31. The van der Waals surface area contributed by atoms with Gasteiger partial charge in [0.25, 0.3) is 0 Å². The number of hydrogen-bond donors (Lipinski definition) is 0. The van der Waals surface area contributed by atoms with Crippen molar-refractivity contribution < 1.29 is 9.59 Å². The second-order valence-electron chi connectivity index (χ2n) is 4.23. The van der Waals surface area contributed by atoms with Gasteiger partial charge in [-0.2, -0.15) is 0 Å². The third kappa shape index (κ3) is 1.34. The molecule has 2 aromatic carbocycles. The fourth-order valence-electron chi connectivity index (χ4n) is 2.28. The van der Waals surface area contributed by atoms with Crippen molar-refractivity contribution in [3.05, 3.63) is 71.3 Å². The maximum absolute atomic E-state index is 12.5. The lowest BCUT2D eigenvalue weighted by molar-refractivity contribution is 0.0871. The summed E-state index contributed by atoms with van der Waals surface area (Å²) in [6.45, 7) is 0. The average molecular weight is 301 g/mol. The Morgan fingerprint density at radius 2 is 1.17 bits per heavy atom. The molecule has 0 atom stereocenters. The summed E-state index contributed by atoms with van der Waals surface area (Å²) < 4.78 is -1.25. The average Bonchev–Trinajstić information content (AvgIpc) is 2.64. The molecule has 2 aromatic rings. The lowest BCUT2D eigenvalue weighted by atomic mass is 9.94. The second kappa shape index (κ2) is 3.89. The molecule has 3 heteroatoms. The van der Waals surface area contributed by atoms with Crippen molar-refractivity contribution in [1.29, 1.82) is 0 Å². The summed E-state index contributed by atoms with van der Waals surface area (Å²) in [7, 11) is 0. The summed E-state index contributed by atoms with van der Waals surface area (Å²) >= 11 is 3.37. The normalized spacial score (nSPS) is 16.7. The zero-order valence-electron chi connectivity index (χ0n) is 9.39. The van der Waals surface area contributed by atoms with Crippen LogP contribution in [0.5, 0.6) is 0 Å². The molecule has 1 aliphatic carbocycles. The van der Waals surface area contributed by atoms with Gasteiger partial charge in [-0.1, -0.05) is 70.5 Å². The maximum atomic E-state index is 12.5. The molecule has 0 aromatic heterocycles. The summed E-state index contributed by atoms with van der Waals surface area (Å²) in [5.74, 6) is -0.372. The molecule has 0 unspecified atom stereocenters. The molecule has 0 amide bonds. The predicted molar refractivity (Wildman–Crippen MR) is 72.2 cm³/mol. The molecule has 3 rings (SSSR count). The molecule has 1 aliphatic rings. The van der Waals surface area contributed by atoms with Crippen LogP contribution in [0.25, 0.3) is 0 Å². The minimum absolute atomic E-state index is 0.186. The van der Waals surface area contributed by atoms with Gasteiger partial charge in [0.1, 0.15) is 0 Å². The van der Waals surface area contributed by atoms with Gasteiger partial charge < -0.3 is 0 Å². The van der Waals surface area contributed by atoms with E-state index in [0.717, 1.165) is 0 Å². The Labute approximate surface area is 113 Å². The Morgan fingerprint density at radius 1 is 0.722 bits per heavy atom. The van der Waals surface area contributed by atoms with Crippen molar-refractivity contribution in [3.63, 3.8) is 0 Å². The number of hydrogen-bond acceptors (Lipinski definition) is 2. The van der Waals surface area contributed by atoms with Gasteiger partial charge in [-0.15, -0.1) is 0 Å². The molecule has 0 N–H and O–H groups in total. The van der Waals surface area contributed by atoms with E-state index in [1.165, 1.54) is 0 Å². The van der Waals surface area contributed by atoms with E-state index < -0.39 is 4.32 Å². The van der Waals surface area contributed by atoms with Crippen LogP contribution in [0.3, 0.4) is 0 Å². The van der Waals surface area contributed by atoms with Crippen LogP contribution >= 0.6 is 15.9 Å². The van der Waals surface area contributed by atoms with Crippen LogP contribution < -0.4 is 0 Å². The molecular formula is C15H9BrO2. The van der Waals surface area contributed by atoms with E-state index in [1.807, 2.05) is 18.2 Å². The first-order valence-electron chi connectivity index (χ1n) is 5.59. The minimum Gasteiger partial charge on any atom is -0.292 e. The Bertz CT molecular complexity index is 612. The van der Waals surface area contributed by atoms with Crippen LogP contribution in [-0.4, -0.2) is 11.6 Å². The Kier molecular flexibility index (Phi) is 2.45. The van der Waals surface area contributed by atoms with Crippen molar-refractivity contribution >= 4 is 27.5 Å². The van der Waals surface area contributed by atoms with Gasteiger partial charge in [0.15, 0.2) is 15.9 Å². The molecule has 0 fully saturated rings. The molecule has 18 heavy (non-hydrogen) atoms. The molecule has 0 bridgehead atoms. The third-order valence-corrected chi connectivity index (χ3v) is 4.39. The van der Waals surface area contributed by atoms with Crippen LogP contribution in [0, 0.1) is 0 Å². The van der Waals surface area contributed by atoms with Crippen molar-refractivity contribution in [1.82, 2.24) is 0 Å². The molecule has 0 saturated carbocycles. The number of ketones is 2. The summed E-state index contributed by atoms with van der Waals surface area (Å²) in [4.78, 5) is 24.9. The molecule has 2 nitrogen and oxygen atoms in total. The van der Waals surface area contributed by atoms with Gasteiger partial charge in [-0.25, -0.2) is 0 Å². The highest BCUT2D eigenvalue weighted by Crippen LogP contribution is 2.44. The summed E-state index contributed by atoms with van der Waals surface area (Å²) in [6.07, 6.45) is 0. The second-order valence-corrected chi connectivity index (χ2v) is 5.42. The highest BCUT2D eigenvalue weighted by molar-refractivity contribution is 9.10. The first kappa shape index (κ1) is 11.4. The van der Waals surface area contributed by atoms with Crippen molar-refractivity contribution in [2.45, 2.75) is 4.32 Å². The van der Waals surface area contributed by atoms with E-state index >= 15 is 0 Å². The van der Waals surface area contributed by atoms with Gasteiger partial charge >= 0.3 is 0 Å². The standard InChI is InChI=1S/C15H9BrO2/c16-15(10-6-2-1-3-7-10)13(17)11-8-4-5-9-12(11)14(15)18/h1-9H. The fourth-order valence-corrected chi connectivity index (χ4v) is 2.97. The number of alkyl halides is 1. The number of carbonyl (C=O) groups is 2. The SMILES string of the molecule is O=C1c2ccccc2C(=O)C1(Br)c1ccccc1. The topological polar surface area (TPSA) is 34.1 Å². The van der Waals surface area contributed by atoms with E-state index in [9.17, 15) is 9.59 Å². The molecular weight excluding hydrogens is 292 g/mol. The molecule has 88 valence electrons. The first-order valence-corrected chi connectivity index (χ1v) is 6.38. The van der Waals surface area contributed by atoms with E-state index in [0.29, 0.717) is 16.7 Å². The zero-order valence-corrected chi connectivity index (χ0v) is 11.0. The molecule has 0 radical (unpaired) electrons. The maximum Gasteiger partial charge on any atom is 0.192 e. The molecule has 0 saturated heterocycles. The highest BCUT2D eigenvalue weighted by Gasteiger charge is 2.52. The number of benzene rings is 2. The Morgan fingerprint density at radius 3 is 1.67 bits per heavy atom. The van der Waals surface area contributed by atoms with Gasteiger partial charge in [0, 0.05) is 11.1 Å². The van der Waals surface area contributed by atoms with Gasteiger partial charge in [0.2, 0.25) is 0 Å². The van der Waals surface area contributed by atoms with Crippen LogP contribution in [0.1, 0.15) is 26.3 Å². The van der Waals surface area contributed by atoms with Crippen molar-refractivity contribution in [2.75, 3.05) is 0 Å². The number of Topliss-reactive ketones (excluding diaryl/α,β-unsaturated/α-hetero) is 2. The Balaban J connectivity index is 2.23. The number of halogens is 1. The van der Waals surface area contributed by atoms with Crippen LogP contribution in [0.4, 0.5) is 0 Å². The van der Waals surface area contributed by atoms with Crippen LogP contribution in [0.2, 0.25) is 0 Å². The summed E-state index contributed by atoms with van der Waals surface area (Å²) in [5, 5.41) is 0. The first-order chi connectivity index (χ1) is 8.65. The van der Waals surface area contributed by atoms with E-state index in [4.69, 9.17) is 0 Å². The van der Waals surface area contributed by atoms with E-state index in [2.05, 4.69) is 15.9 Å². The Hall–Kier alpha value is -1.74. The fraction of sp³-hybridized carbons (Fsp3) is 0.0667. The minimum atomic E-state index is -1.25. The van der Waals surface area contributed by atoms with Gasteiger partial charge in [-0.05, 0) is 5.56 Å². The van der Waals surface area contributed by atoms with E-state index in [-0.39, 0.29) is 11.6 Å². The number of fused-ring (bicyclic) bond motifs is 1. The zero-order chi connectivity index (χ0) is 12.8. The predicted octanol–water partition coefficient (Wildman–Crippen LogP) is 3.36. The van der Waals surface area contributed by atoms with Crippen LogP contribution in [-0.2, 0) is 4.32 Å². The lowest BCUT2D eigenvalue weighted by Gasteiger charge is -2.18. The van der Waals surface area contributed by atoms with Crippen molar-refractivity contribution in [2.24, 2.45) is 0 Å². The van der Waals surface area contributed by atoms with Gasteiger partial charge in [-0.3, -0.25) is 9.59 Å². The van der Waals surface area contributed by atoms with Gasteiger partial charge in [0.05, 0.1) is 0 Å². The molecule has 0 aliphatic heterocycles. The monoisotopic (exact) mass is 300 g/mol. The smallest absolute Gasteiger partial charge is 0.192 e. The highest BCUT2D eigenvalue weighted by atomic mass is 79.9. The number of rotatable bonds is 1. The molecule has 0 spiro atoms. The summed E-state index contributed by atoms with van der Waals surface area (Å²) in [6, 6.07) is 16.0. The largest absolute Gasteiger partial charge is 0.292 e. The quantitative estimate of drug-likeness (QED) is 0.598. The van der Waals surface area contributed by atoms with Crippen LogP contribution in [0.15, 0.2) is 54.6 Å². The number of carbonyl (C=O) groups excluding carboxylic acids is 2. The van der Waals surface area contributed by atoms with E-state index in [1.54, 1.807) is 36.4 Å². The third-order valence-electron chi connectivity index (χ3n) is 3.21. The molecule has 0 heterocycles. The van der Waals surface area contributed by atoms with Crippen molar-refractivity contribution in [3.8, 4) is 0 Å². The summed E-state index contributed by atoms with van der Waals surface area (Å²) in [5.41, 5.74) is 1.66.